The topological polar surface area (TPSA) is 55.1 Å². The highest BCUT2D eigenvalue weighted by molar-refractivity contribution is 6.29. The summed E-state index contributed by atoms with van der Waals surface area (Å²) in [5.74, 6) is 2.52. The highest BCUT2D eigenvalue weighted by Crippen LogP contribution is 2.49. The van der Waals surface area contributed by atoms with Crippen LogP contribution in [0.5, 0.6) is 0 Å². The van der Waals surface area contributed by atoms with Gasteiger partial charge in [-0.15, -0.1) is 0 Å². The van der Waals surface area contributed by atoms with Gasteiger partial charge < -0.3 is 9.84 Å². The number of nitrogens with zero attached hydrogens (tertiary/aromatic N) is 1. The van der Waals surface area contributed by atoms with Gasteiger partial charge in [-0.3, -0.25) is 4.79 Å². The lowest BCUT2D eigenvalue weighted by Gasteiger charge is -2.28. The molecule has 0 aliphatic heterocycles. The number of nitrogens with one attached hydrogen (secondary N) is 1. The number of carbonyl (C=O) groups is 1. The van der Waals surface area contributed by atoms with E-state index < -0.39 is 0 Å². The third-order valence-electron chi connectivity index (χ3n) is 5.36. The molecule has 0 saturated heterocycles. The number of carbonyl (C=O) groups excluding carboxylic acids is 1. The van der Waals surface area contributed by atoms with Crippen molar-refractivity contribution in [2.45, 2.75) is 58.4 Å². The lowest BCUT2D eigenvalue weighted by molar-refractivity contribution is -0.122. The quantitative estimate of drug-likeness (QED) is 0.905. The number of aryl methyl sites for hydroxylation is 1. The van der Waals surface area contributed by atoms with E-state index in [-0.39, 0.29) is 11.9 Å². The molecule has 4 atom stereocenters. The summed E-state index contributed by atoms with van der Waals surface area (Å²) in [6, 6.07) is 0.284. The molecule has 3 rings (SSSR count). The van der Waals surface area contributed by atoms with Crippen molar-refractivity contribution in [2.24, 2.45) is 17.8 Å². The van der Waals surface area contributed by atoms with E-state index in [1.54, 1.807) is 0 Å². The van der Waals surface area contributed by atoms with Crippen LogP contribution in [0.15, 0.2) is 4.52 Å². The maximum Gasteiger partial charge on any atom is 0.229 e. The Hall–Kier alpha value is -1.03. The monoisotopic (exact) mass is 310 g/mol. The van der Waals surface area contributed by atoms with Gasteiger partial charge >= 0.3 is 0 Å². The summed E-state index contributed by atoms with van der Waals surface area (Å²) in [5.41, 5.74) is 1.62. The van der Waals surface area contributed by atoms with E-state index in [1.807, 2.05) is 6.92 Å². The van der Waals surface area contributed by atoms with E-state index in [1.165, 1.54) is 25.7 Å². The minimum atomic E-state index is 0.0990. The van der Waals surface area contributed by atoms with Crippen molar-refractivity contribution in [3.63, 3.8) is 0 Å². The van der Waals surface area contributed by atoms with Crippen LogP contribution in [0.25, 0.3) is 0 Å². The summed E-state index contributed by atoms with van der Waals surface area (Å²) in [7, 11) is 0. The van der Waals surface area contributed by atoms with Gasteiger partial charge in [-0.05, 0) is 68.9 Å². The van der Waals surface area contributed by atoms with E-state index in [0.717, 1.165) is 23.1 Å². The molecular formula is C16H23ClN2O2. The fourth-order valence-electron chi connectivity index (χ4n) is 4.22. The van der Waals surface area contributed by atoms with Crippen LogP contribution >= 0.6 is 11.6 Å². The van der Waals surface area contributed by atoms with E-state index >= 15 is 0 Å². The lowest BCUT2D eigenvalue weighted by Crippen LogP contribution is -2.40. The van der Waals surface area contributed by atoms with E-state index in [0.29, 0.717) is 24.0 Å². The zero-order valence-electron chi connectivity index (χ0n) is 12.7. The Labute approximate surface area is 130 Å². The highest BCUT2D eigenvalue weighted by Gasteiger charge is 2.42. The number of hydrogen-bond acceptors (Lipinski definition) is 3. The van der Waals surface area contributed by atoms with Crippen LogP contribution in [0.2, 0.25) is 5.22 Å². The third-order valence-corrected chi connectivity index (χ3v) is 5.66. The van der Waals surface area contributed by atoms with Crippen LogP contribution in [-0.2, 0) is 11.2 Å². The molecule has 116 valence electrons. The van der Waals surface area contributed by atoms with Crippen molar-refractivity contribution in [1.82, 2.24) is 10.5 Å². The second-order valence-corrected chi connectivity index (χ2v) is 7.06. The number of halogens is 1. The summed E-state index contributed by atoms with van der Waals surface area (Å²) in [5, 5.41) is 7.29. The molecule has 2 aliphatic carbocycles. The number of rotatable bonds is 5. The summed E-state index contributed by atoms with van der Waals surface area (Å²) in [4.78, 5) is 12.1. The number of aromatic nitrogens is 1. The molecule has 5 heteroatoms. The molecule has 2 saturated carbocycles. The molecule has 0 spiro atoms. The molecule has 2 fully saturated rings. The van der Waals surface area contributed by atoms with E-state index in [2.05, 4.69) is 17.4 Å². The fourth-order valence-corrected chi connectivity index (χ4v) is 4.48. The Morgan fingerprint density at radius 3 is 2.86 bits per heavy atom. The van der Waals surface area contributed by atoms with Crippen LogP contribution in [0.1, 0.15) is 50.3 Å². The van der Waals surface area contributed by atoms with Crippen LogP contribution in [0.4, 0.5) is 0 Å². The van der Waals surface area contributed by atoms with Crippen molar-refractivity contribution >= 4 is 17.5 Å². The first-order valence-corrected chi connectivity index (χ1v) is 8.32. The Morgan fingerprint density at radius 2 is 2.29 bits per heavy atom. The van der Waals surface area contributed by atoms with Gasteiger partial charge in [0, 0.05) is 18.0 Å². The molecule has 1 N–H and O–H groups in total. The zero-order chi connectivity index (χ0) is 15.0. The van der Waals surface area contributed by atoms with Gasteiger partial charge in [0.25, 0.3) is 0 Å². The third kappa shape index (κ3) is 3.10. The smallest absolute Gasteiger partial charge is 0.229 e. The van der Waals surface area contributed by atoms with Gasteiger partial charge in [0.1, 0.15) is 0 Å². The molecule has 21 heavy (non-hydrogen) atoms. The maximum atomic E-state index is 12.1. The number of hydrogen-bond donors (Lipinski definition) is 1. The second kappa shape index (κ2) is 5.99. The van der Waals surface area contributed by atoms with Crippen molar-refractivity contribution in [3.8, 4) is 0 Å². The molecule has 4 unspecified atom stereocenters. The van der Waals surface area contributed by atoms with Crippen molar-refractivity contribution in [3.05, 3.63) is 16.5 Å². The average molecular weight is 311 g/mol. The van der Waals surface area contributed by atoms with Gasteiger partial charge in [0.2, 0.25) is 11.1 Å². The second-order valence-electron chi connectivity index (χ2n) is 6.72. The first-order chi connectivity index (χ1) is 10.0. The molecular weight excluding hydrogens is 288 g/mol. The number of fused-ring (bicyclic) bond motifs is 2. The summed E-state index contributed by atoms with van der Waals surface area (Å²) in [6.45, 7) is 4.00. The summed E-state index contributed by atoms with van der Waals surface area (Å²) >= 11 is 5.92. The van der Waals surface area contributed by atoms with E-state index in [9.17, 15) is 4.79 Å². The predicted octanol–water partition coefficient (Wildman–Crippen LogP) is 3.51. The summed E-state index contributed by atoms with van der Waals surface area (Å²) in [6.07, 6.45) is 6.44. The number of amides is 1. The Kier molecular flexibility index (Phi) is 4.25. The van der Waals surface area contributed by atoms with E-state index in [4.69, 9.17) is 16.1 Å². The summed E-state index contributed by atoms with van der Waals surface area (Å²) < 4.78 is 4.91. The van der Waals surface area contributed by atoms with Crippen LogP contribution in [-0.4, -0.2) is 17.1 Å². The standard InChI is InChI=1S/C16H23ClN2O2/c1-9(14-8-11-3-4-12(14)7-11)18-15(20)6-5-13-10(2)19-21-16(13)17/h9,11-12,14H,3-8H2,1-2H3,(H,18,20). The van der Waals surface area contributed by atoms with Gasteiger partial charge in [-0.2, -0.15) is 0 Å². The Balaban J connectivity index is 1.48. The van der Waals surface area contributed by atoms with Crippen LogP contribution in [0, 0.1) is 24.7 Å². The first kappa shape index (κ1) is 14.9. The molecule has 2 aliphatic rings. The van der Waals surface area contributed by atoms with Gasteiger partial charge in [-0.1, -0.05) is 11.6 Å². The van der Waals surface area contributed by atoms with Crippen LogP contribution < -0.4 is 5.32 Å². The largest absolute Gasteiger partial charge is 0.353 e. The molecule has 2 bridgehead atoms. The molecule has 0 radical (unpaired) electrons. The van der Waals surface area contributed by atoms with Crippen molar-refractivity contribution in [1.29, 1.82) is 0 Å². The highest BCUT2D eigenvalue weighted by atomic mass is 35.5. The maximum absolute atomic E-state index is 12.1. The lowest BCUT2D eigenvalue weighted by atomic mass is 9.84. The molecule has 4 nitrogen and oxygen atoms in total. The fraction of sp³-hybridized carbons (Fsp3) is 0.750. The molecule has 1 aromatic rings. The minimum absolute atomic E-state index is 0.0990. The molecule has 1 heterocycles. The Bertz CT molecular complexity index is 509. The van der Waals surface area contributed by atoms with Crippen molar-refractivity contribution < 1.29 is 9.32 Å². The zero-order valence-corrected chi connectivity index (χ0v) is 13.4. The van der Waals surface area contributed by atoms with Gasteiger partial charge in [0.15, 0.2) is 0 Å². The first-order valence-electron chi connectivity index (χ1n) is 7.94. The van der Waals surface area contributed by atoms with Gasteiger partial charge in [0.05, 0.1) is 5.69 Å². The Morgan fingerprint density at radius 1 is 1.48 bits per heavy atom. The molecule has 1 amide bonds. The van der Waals surface area contributed by atoms with Gasteiger partial charge in [-0.25, -0.2) is 0 Å². The molecule has 1 aromatic heterocycles. The minimum Gasteiger partial charge on any atom is -0.353 e. The van der Waals surface area contributed by atoms with Crippen molar-refractivity contribution in [2.75, 3.05) is 0 Å². The average Bonchev–Trinajstić information content (AvgIpc) is 3.14. The molecule has 0 aromatic carbocycles. The van der Waals surface area contributed by atoms with Crippen LogP contribution in [0.3, 0.4) is 0 Å². The predicted molar refractivity (Wildman–Crippen MR) is 81.1 cm³/mol. The normalized spacial score (nSPS) is 28.8. The SMILES string of the molecule is Cc1noc(Cl)c1CCC(=O)NC(C)C1CC2CCC1C2.